The number of amides is 2. The molecule has 2 atom stereocenters. The van der Waals surface area contributed by atoms with Crippen molar-refractivity contribution in [2.45, 2.75) is 83.7 Å². The van der Waals surface area contributed by atoms with Gasteiger partial charge in [0, 0.05) is 55.9 Å². The van der Waals surface area contributed by atoms with E-state index in [1.54, 1.807) is 31.4 Å². The molecule has 2 N–H and O–H groups in total. The molecule has 0 aliphatic heterocycles. The smallest absolute Gasteiger partial charge is 0.342 e. The quantitative estimate of drug-likeness (QED) is 0.126. The summed E-state index contributed by atoms with van der Waals surface area (Å²) in [5.74, 6) is -1.13. The van der Waals surface area contributed by atoms with E-state index < -0.39 is 5.97 Å². The monoisotopic (exact) mass is 609 g/mol. The van der Waals surface area contributed by atoms with Gasteiger partial charge in [0.05, 0.1) is 13.0 Å². The fourth-order valence-corrected chi connectivity index (χ4v) is 5.74. The van der Waals surface area contributed by atoms with Crippen LogP contribution in [0.15, 0.2) is 54.6 Å². The molecule has 2 aromatic rings. The van der Waals surface area contributed by atoms with E-state index in [0.717, 1.165) is 31.2 Å². The Hall–Kier alpha value is -3.27. The summed E-state index contributed by atoms with van der Waals surface area (Å²) in [5.41, 5.74) is 1.95. The van der Waals surface area contributed by atoms with Crippen LogP contribution in [0.4, 0.5) is 0 Å². The van der Waals surface area contributed by atoms with Gasteiger partial charge in [-0.2, -0.15) is 4.89 Å². The molecule has 0 aromatic heterocycles. The summed E-state index contributed by atoms with van der Waals surface area (Å²) in [6.07, 6.45) is 8.13. The number of benzene rings is 2. The molecular formula is C35H51N3O6. The van der Waals surface area contributed by atoms with Gasteiger partial charge in [0.25, 0.3) is 11.8 Å². The molecule has 9 nitrogen and oxygen atoms in total. The number of rotatable bonds is 19. The van der Waals surface area contributed by atoms with Gasteiger partial charge < -0.3 is 20.3 Å². The van der Waals surface area contributed by atoms with Crippen LogP contribution < -0.4 is 10.6 Å². The fraction of sp³-hybridized carbons (Fsp3) is 0.571. The van der Waals surface area contributed by atoms with Crippen molar-refractivity contribution >= 4 is 17.8 Å². The largest absolute Gasteiger partial charge is 0.382 e. The molecule has 242 valence electrons. The zero-order chi connectivity index (χ0) is 31.6. The number of carbonyl (C=O) groups is 3. The van der Waals surface area contributed by atoms with Crippen molar-refractivity contribution in [2.75, 3.05) is 40.0 Å². The van der Waals surface area contributed by atoms with Gasteiger partial charge in [-0.25, -0.2) is 4.79 Å². The number of nitrogens with one attached hydrogen (secondary N) is 2. The van der Waals surface area contributed by atoms with Crippen LogP contribution in [0.5, 0.6) is 0 Å². The first-order valence-electron chi connectivity index (χ1n) is 16.2. The minimum absolute atomic E-state index is 0.0615. The first-order valence-corrected chi connectivity index (χ1v) is 16.2. The van der Waals surface area contributed by atoms with Gasteiger partial charge in [0.2, 0.25) is 0 Å². The van der Waals surface area contributed by atoms with E-state index in [4.69, 9.17) is 14.5 Å². The molecule has 1 aliphatic carbocycles. The Balaban J connectivity index is 1.83. The van der Waals surface area contributed by atoms with Crippen molar-refractivity contribution in [3.8, 4) is 0 Å². The van der Waals surface area contributed by atoms with Gasteiger partial charge >= 0.3 is 5.97 Å². The Morgan fingerprint density at radius 3 is 2.30 bits per heavy atom. The van der Waals surface area contributed by atoms with Crippen LogP contribution in [0, 0.1) is 5.92 Å². The van der Waals surface area contributed by atoms with Crippen LogP contribution >= 0.6 is 0 Å². The van der Waals surface area contributed by atoms with Gasteiger partial charge in [0.15, 0.2) is 0 Å². The Kier molecular flexibility index (Phi) is 15.9. The van der Waals surface area contributed by atoms with Gasteiger partial charge in [-0.05, 0) is 55.9 Å². The molecule has 2 aromatic carbocycles. The minimum atomic E-state index is -0.497. The van der Waals surface area contributed by atoms with Gasteiger partial charge in [-0.15, -0.1) is 0 Å². The minimum Gasteiger partial charge on any atom is -0.382 e. The Labute approximate surface area is 262 Å². The molecule has 9 heteroatoms. The summed E-state index contributed by atoms with van der Waals surface area (Å²) >= 11 is 0. The second-order valence-corrected chi connectivity index (χ2v) is 11.6. The molecule has 1 aliphatic rings. The molecule has 0 saturated heterocycles. The first kappa shape index (κ1) is 35.2. The highest BCUT2D eigenvalue weighted by Crippen LogP contribution is 2.21. The molecule has 0 spiro atoms. The topological polar surface area (TPSA) is 106 Å². The lowest BCUT2D eigenvalue weighted by Gasteiger charge is -2.31. The lowest BCUT2D eigenvalue weighted by atomic mass is 9.89. The second-order valence-electron chi connectivity index (χ2n) is 11.6. The molecule has 0 unspecified atom stereocenters. The van der Waals surface area contributed by atoms with E-state index in [9.17, 15) is 14.4 Å². The van der Waals surface area contributed by atoms with Crippen LogP contribution in [0.1, 0.15) is 91.5 Å². The van der Waals surface area contributed by atoms with Crippen LogP contribution in [-0.4, -0.2) is 74.7 Å². The van der Waals surface area contributed by atoms with Crippen LogP contribution in [0.3, 0.4) is 0 Å². The Morgan fingerprint density at radius 2 is 1.61 bits per heavy atom. The third-order valence-electron chi connectivity index (χ3n) is 8.06. The molecule has 1 fully saturated rings. The summed E-state index contributed by atoms with van der Waals surface area (Å²) in [4.78, 5) is 51.9. The zero-order valence-corrected chi connectivity index (χ0v) is 26.7. The van der Waals surface area contributed by atoms with Crippen LogP contribution in [0.2, 0.25) is 0 Å². The van der Waals surface area contributed by atoms with Crippen LogP contribution in [-0.2, 0) is 25.7 Å². The molecule has 3 rings (SSSR count). The van der Waals surface area contributed by atoms with E-state index in [2.05, 4.69) is 10.6 Å². The van der Waals surface area contributed by atoms with Gasteiger partial charge in [-0.1, -0.05) is 69.5 Å². The number of ether oxygens (including phenoxy) is 1. The number of methoxy groups -OCH3 is 1. The molecule has 0 bridgehead atoms. The predicted octanol–water partition coefficient (Wildman–Crippen LogP) is 5.34. The summed E-state index contributed by atoms with van der Waals surface area (Å²) < 4.78 is 4.96. The second kappa shape index (κ2) is 19.9. The standard InChI is InChI=1S/C35H51N3O6/c1-4-19-38(20-5-2)35(41)29-16-12-15-28(24-29)34(40)37-32(23-27-13-8-6-9-14-27)30(25-33(39)44-43-22-21-42-3)26-36-31-17-10-7-11-18-31/h6,8-9,12-16,24,30-32,36H,4-5,7,10-11,17-23,25-26H2,1-3H3,(H,37,40)/t30-,32+/m1/s1. The third kappa shape index (κ3) is 12.0. The van der Waals surface area contributed by atoms with E-state index in [1.807, 2.05) is 49.1 Å². The van der Waals surface area contributed by atoms with Crippen molar-refractivity contribution in [3.63, 3.8) is 0 Å². The Morgan fingerprint density at radius 1 is 0.909 bits per heavy atom. The number of hydrogen-bond acceptors (Lipinski definition) is 7. The fourth-order valence-electron chi connectivity index (χ4n) is 5.74. The van der Waals surface area contributed by atoms with Gasteiger partial charge in [0.1, 0.15) is 6.61 Å². The average molecular weight is 610 g/mol. The number of nitrogens with zero attached hydrogens (tertiary/aromatic N) is 1. The van der Waals surface area contributed by atoms with E-state index in [0.29, 0.717) is 49.8 Å². The average Bonchev–Trinajstić information content (AvgIpc) is 3.05. The lowest BCUT2D eigenvalue weighted by molar-refractivity contribution is -0.276. The van der Waals surface area contributed by atoms with Crippen LogP contribution in [0.25, 0.3) is 0 Å². The molecule has 44 heavy (non-hydrogen) atoms. The highest BCUT2D eigenvalue weighted by Gasteiger charge is 2.29. The van der Waals surface area contributed by atoms with Gasteiger partial charge in [-0.3, -0.25) is 14.5 Å². The van der Waals surface area contributed by atoms with Crippen molar-refractivity contribution in [2.24, 2.45) is 5.92 Å². The van der Waals surface area contributed by atoms with Crippen molar-refractivity contribution in [1.29, 1.82) is 0 Å². The molecule has 0 radical (unpaired) electrons. The first-order chi connectivity index (χ1) is 21.4. The lowest BCUT2D eigenvalue weighted by Crippen LogP contribution is -2.48. The van der Waals surface area contributed by atoms with Crippen molar-refractivity contribution < 1.29 is 28.9 Å². The zero-order valence-electron chi connectivity index (χ0n) is 26.7. The highest BCUT2D eigenvalue weighted by atomic mass is 17.2. The SMILES string of the molecule is CCCN(CCC)C(=O)c1cccc(C(=O)N[C@@H](Cc2ccccc2)[C@@H](CNC2CCCCC2)CC(=O)OOCCOC)c1. The number of hydrogen-bond donors (Lipinski definition) is 2. The third-order valence-corrected chi connectivity index (χ3v) is 8.06. The van der Waals surface area contributed by atoms with E-state index >= 15 is 0 Å². The molecule has 0 heterocycles. The molecule has 1 saturated carbocycles. The Bertz CT molecular complexity index is 1130. The summed E-state index contributed by atoms with van der Waals surface area (Å²) in [6, 6.07) is 16.8. The van der Waals surface area contributed by atoms with Crippen molar-refractivity contribution in [3.05, 3.63) is 71.3 Å². The summed E-state index contributed by atoms with van der Waals surface area (Å²) in [6.45, 7) is 6.42. The molecular weight excluding hydrogens is 558 g/mol. The normalized spacial score (nSPS) is 14.9. The number of carbonyl (C=O) groups excluding carboxylic acids is 3. The maximum atomic E-state index is 13.8. The maximum absolute atomic E-state index is 13.8. The van der Waals surface area contributed by atoms with E-state index in [1.165, 1.54) is 19.3 Å². The maximum Gasteiger partial charge on any atom is 0.342 e. The highest BCUT2D eigenvalue weighted by molar-refractivity contribution is 5.99. The summed E-state index contributed by atoms with van der Waals surface area (Å²) in [5, 5.41) is 6.90. The predicted molar refractivity (Wildman–Crippen MR) is 171 cm³/mol. The van der Waals surface area contributed by atoms with Crippen molar-refractivity contribution in [1.82, 2.24) is 15.5 Å². The molecule has 2 amide bonds. The van der Waals surface area contributed by atoms with E-state index in [-0.39, 0.29) is 36.8 Å². The summed E-state index contributed by atoms with van der Waals surface area (Å²) in [7, 11) is 1.55.